The predicted molar refractivity (Wildman–Crippen MR) is 89.4 cm³/mol. The van der Waals surface area contributed by atoms with Gasteiger partial charge in [-0.3, -0.25) is 4.98 Å². The predicted octanol–water partition coefficient (Wildman–Crippen LogP) is 2.84. The van der Waals surface area contributed by atoms with Gasteiger partial charge >= 0.3 is 0 Å². The molecule has 1 heterocycles. The Balaban J connectivity index is 1.94. The van der Waals surface area contributed by atoms with Gasteiger partial charge in [0.15, 0.2) is 0 Å². The van der Waals surface area contributed by atoms with E-state index in [1.807, 2.05) is 12.1 Å². The highest BCUT2D eigenvalue weighted by molar-refractivity contribution is 7.89. The number of aromatic nitrogens is 1. The van der Waals surface area contributed by atoms with Crippen LogP contribution in [0.25, 0.3) is 11.1 Å². The van der Waals surface area contributed by atoms with Gasteiger partial charge in [0.2, 0.25) is 10.0 Å². The zero-order valence-electron chi connectivity index (χ0n) is 12.9. The van der Waals surface area contributed by atoms with E-state index in [2.05, 4.69) is 9.71 Å². The number of phenols is 1. The first-order valence-corrected chi connectivity index (χ1v) is 9.38. The maximum atomic E-state index is 12.0. The fourth-order valence-electron chi connectivity index (χ4n) is 2.61. The van der Waals surface area contributed by atoms with E-state index < -0.39 is 10.0 Å². The van der Waals surface area contributed by atoms with E-state index in [1.165, 1.54) is 0 Å². The van der Waals surface area contributed by atoms with Crippen molar-refractivity contribution in [2.75, 3.05) is 5.75 Å². The summed E-state index contributed by atoms with van der Waals surface area (Å²) >= 11 is 0. The number of sulfonamides is 1. The quantitative estimate of drug-likeness (QED) is 0.852. The van der Waals surface area contributed by atoms with Crippen LogP contribution in [0.3, 0.4) is 0 Å². The smallest absolute Gasteiger partial charge is 0.211 e. The van der Waals surface area contributed by atoms with Crippen molar-refractivity contribution in [2.45, 2.75) is 25.8 Å². The molecule has 2 aromatic rings. The summed E-state index contributed by atoms with van der Waals surface area (Å²) in [6, 6.07) is 8.66. The van der Waals surface area contributed by atoms with Crippen LogP contribution in [-0.2, 0) is 10.0 Å². The van der Waals surface area contributed by atoms with Gasteiger partial charge in [-0.15, -0.1) is 0 Å². The van der Waals surface area contributed by atoms with Crippen molar-refractivity contribution < 1.29 is 13.5 Å². The molecule has 1 aliphatic rings. The van der Waals surface area contributed by atoms with E-state index in [4.69, 9.17) is 0 Å². The molecule has 6 heteroatoms. The second-order valence-electron chi connectivity index (χ2n) is 5.89. The van der Waals surface area contributed by atoms with Crippen LogP contribution in [0.5, 0.6) is 5.75 Å². The molecule has 1 saturated carbocycles. The normalized spacial score (nSPS) is 16.2. The molecule has 122 valence electrons. The van der Waals surface area contributed by atoms with Gasteiger partial charge in [-0.25, -0.2) is 13.1 Å². The van der Waals surface area contributed by atoms with Crippen LogP contribution in [-0.4, -0.2) is 24.3 Å². The van der Waals surface area contributed by atoms with Crippen molar-refractivity contribution in [1.82, 2.24) is 9.71 Å². The van der Waals surface area contributed by atoms with Gasteiger partial charge in [0, 0.05) is 18.0 Å². The molecule has 0 amide bonds. The Morgan fingerprint density at radius 2 is 2.04 bits per heavy atom. The molecule has 0 saturated heterocycles. The molecule has 1 atom stereocenters. The molecule has 0 aliphatic heterocycles. The Morgan fingerprint density at radius 1 is 1.26 bits per heavy atom. The minimum absolute atomic E-state index is 0.0654. The number of nitrogens with zero attached hydrogens (tertiary/aromatic N) is 1. The topological polar surface area (TPSA) is 79.3 Å². The maximum Gasteiger partial charge on any atom is 0.211 e. The molecule has 2 N–H and O–H groups in total. The number of nitrogens with one attached hydrogen (secondary N) is 1. The van der Waals surface area contributed by atoms with Crippen LogP contribution in [0.4, 0.5) is 0 Å². The van der Waals surface area contributed by atoms with E-state index in [-0.39, 0.29) is 17.5 Å². The summed E-state index contributed by atoms with van der Waals surface area (Å²) < 4.78 is 26.7. The van der Waals surface area contributed by atoms with E-state index in [0.717, 1.165) is 29.5 Å². The highest BCUT2D eigenvalue weighted by atomic mass is 32.2. The summed E-state index contributed by atoms with van der Waals surface area (Å²) in [7, 11) is -3.27. The first-order chi connectivity index (χ1) is 11.0. The van der Waals surface area contributed by atoms with Gasteiger partial charge in [0.1, 0.15) is 5.75 Å². The van der Waals surface area contributed by atoms with Gasteiger partial charge in [0.25, 0.3) is 0 Å². The Kier molecular flexibility index (Phi) is 4.37. The fourth-order valence-corrected chi connectivity index (χ4v) is 3.50. The first-order valence-electron chi connectivity index (χ1n) is 7.73. The minimum atomic E-state index is -3.27. The van der Waals surface area contributed by atoms with Crippen LogP contribution >= 0.6 is 0 Å². The molecule has 0 radical (unpaired) electrons. The molecule has 1 aliphatic carbocycles. The van der Waals surface area contributed by atoms with Gasteiger partial charge < -0.3 is 5.11 Å². The largest absolute Gasteiger partial charge is 0.508 e. The van der Waals surface area contributed by atoms with Crippen molar-refractivity contribution in [3.63, 3.8) is 0 Å². The number of rotatable bonds is 6. The Hall–Kier alpha value is -1.92. The lowest BCUT2D eigenvalue weighted by Gasteiger charge is -2.18. The molecular weight excluding hydrogens is 312 g/mol. The maximum absolute atomic E-state index is 12.0. The number of benzene rings is 1. The van der Waals surface area contributed by atoms with Gasteiger partial charge in [-0.1, -0.05) is 12.1 Å². The van der Waals surface area contributed by atoms with Crippen LogP contribution in [0.2, 0.25) is 0 Å². The molecule has 0 spiro atoms. The molecule has 1 aromatic carbocycles. The first kappa shape index (κ1) is 16.0. The zero-order valence-corrected chi connectivity index (χ0v) is 13.8. The molecule has 1 unspecified atom stereocenters. The third kappa shape index (κ3) is 3.89. The Bertz CT molecular complexity index is 801. The monoisotopic (exact) mass is 332 g/mol. The number of phenolic OH excluding ortho intramolecular Hbond substituents is 1. The van der Waals surface area contributed by atoms with Crippen molar-refractivity contribution >= 4 is 10.0 Å². The number of hydrogen-bond donors (Lipinski definition) is 2. The lowest BCUT2D eigenvalue weighted by molar-refractivity contribution is 0.475. The number of pyridine rings is 1. The molecule has 0 bridgehead atoms. The summed E-state index contributed by atoms with van der Waals surface area (Å²) in [6.45, 7) is 1.63. The molecule has 5 nitrogen and oxygen atoms in total. The zero-order chi connectivity index (χ0) is 16.4. The van der Waals surface area contributed by atoms with Crippen LogP contribution in [0, 0.1) is 5.92 Å². The summed E-state index contributed by atoms with van der Waals surface area (Å²) in [4.78, 5) is 4.26. The fraction of sp³-hybridized carbons (Fsp3) is 0.353. The SMILES string of the molecule is CCS(=O)(=O)NC(c1cncc(-c2cccc(O)c2)c1)C1CC1. The third-order valence-corrected chi connectivity index (χ3v) is 5.45. The van der Waals surface area contributed by atoms with Gasteiger partial charge in [0.05, 0.1) is 11.8 Å². The molecule has 23 heavy (non-hydrogen) atoms. The average molecular weight is 332 g/mol. The van der Waals surface area contributed by atoms with Gasteiger partial charge in [-0.05, 0) is 55.0 Å². The van der Waals surface area contributed by atoms with E-state index in [9.17, 15) is 13.5 Å². The molecule has 1 aromatic heterocycles. The van der Waals surface area contributed by atoms with Crippen molar-refractivity contribution in [3.8, 4) is 16.9 Å². The summed E-state index contributed by atoms with van der Waals surface area (Å²) in [5.41, 5.74) is 2.58. The lowest BCUT2D eigenvalue weighted by atomic mass is 10.0. The van der Waals surface area contributed by atoms with Gasteiger partial charge in [-0.2, -0.15) is 0 Å². The third-order valence-electron chi connectivity index (χ3n) is 4.08. The van der Waals surface area contributed by atoms with E-state index >= 15 is 0 Å². The summed E-state index contributed by atoms with van der Waals surface area (Å²) in [6.07, 6.45) is 5.48. The molecule has 3 rings (SSSR count). The standard InChI is InChI=1S/C17H20N2O3S/c1-2-23(21,22)19-17(12-6-7-12)15-8-14(10-18-11-15)13-4-3-5-16(20)9-13/h3-5,8-12,17,19-20H,2,6-7H2,1H3. The molecule has 1 fully saturated rings. The van der Waals surface area contributed by atoms with Crippen LogP contribution < -0.4 is 4.72 Å². The van der Waals surface area contributed by atoms with Crippen molar-refractivity contribution in [1.29, 1.82) is 0 Å². The van der Waals surface area contributed by atoms with E-state index in [0.29, 0.717) is 5.92 Å². The highest BCUT2D eigenvalue weighted by Crippen LogP contribution is 2.42. The molecular formula is C17H20N2O3S. The van der Waals surface area contributed by atoms with Crippen molar-refractivity contribution in [3.05, 3.63) is 48.3 Å². The van der Waals surface area contributed by atoms with E-state index in [1.54, 1.807) is 37.5 Å². The second-order valence-corrected chi connectivity index (χ2v) is 7.94. The van der Waals surface area contributed by atoms with Crippen LogP contribution in [0.1, 0.15) is 31.4 Å². The average Bonchev–Trinajstić information content (AvgIpc) is 3.38. The Morgan fingerprint density at radius 3 is 2.70 bits per heavy atom. The lowest BCUT2D eigenvalue weighted by Crippen LogP contribution is -2.31. The van der Waals surface area contributed by atoms with Crippen LogP contribution in [0.15, 0.2) is 42.7 Å². The highest BCUT2D eigenvalue weighted by Gasteiger charge is 2.35. The summed E-state index contributed by atoms with van der Waals surface area (Å²) in [5.74, 6) is 0.589. The van der Waals surface area contributed by atoms with Crippen molar-refractivity contribution in [2.24, 2.45) is 5.92 Å². The Labute approximate surface area is 136 Å². The summed E-state index contributed by atoms with van der Waals surface area (Å²) in [5, 5.41) is 9.62. The second kappa shape index (κ2) is 6.29. The number of aromatic hydroxyl groups is 1. The number of hydrogen-bond acceptors (Lipinski definition) is 4. The minimum Gasteiger partial charge on any atom is -0.508 e.